The fraction of sp³-hybridized carbons (Fsp3) is 0.333. The van der Waals surface area contributed by atoms with E-state index in [9.17, 15) is 9.59 Å². The van der Waals surface area contributed by atoms with Gasteiger partial charge in [-0.3, -0.25) is 9.59 Å². The number of anilines is 2. The number of nitrogens with zero attached hydrogens (tertiary/aromatic N) is 1. The van der Waals surface area contributed by atoms with Crippen LogP contribution in [0.3, 0.4) is 0 Å². The number of nitrogens with two attached hydrogens (primary N) is 1. The topological polar surface area (TPSA) is 75.4 Å². The number of hydrogen-bond acceptors (Lipinski definition) is 3. The highest BCUT2D eigenvalue weighted by Gasteiger charge is 2.35. The molecular formula is C27H29N3O2. The van der Waals surface area contributed by atoms with Gasteiger partial charge in [-0.2, -0.15) is 0 Å². The van der Waals surface area contributed by atoms with Crippen LogP contribution in [0.5, 0.6) is 0 Å². The molecule has 0 unspecified atom stereocenters. The average molecular weight is 428 g/mol. The van der Waals surface area contributed by atoms with E-state index < -0.39 is 5.91 Å². The lowest BCUT2D eigenvalue weighted by molar-refractivity contribution is -0.118. The first-order valence-corrected chi connectivity index (χ1v) is 11.6. The Morgan fingerprint density at radius 1 is 0.969 bits per heavy atom. The molecule has 1 aliphatic carbocycles. The van der Waals surface area contributed by atoms with E-state index in [0.29, 0.717) is 23.7 Å². The molecule has 1 heterocycles. The van der Waals surface area contributed by atoms with Crippen molar-refractivity contribution in [2.75, 3.05) is 10.2 Å². The first-order chi connectivity index (χ1) is 15.6. The zero-order valence-corrected chi connectivity index (χ0v) is 18.2. The van der Waals surface area contributed by atoms with Gasteiger partial charge in [-0.05, 0) is 52.9 Å². The Morgan fingerprint density at radius 2 is 1.75 bits per heavy atom. The molecule has 2 aliphatic rings. The van der Waals surface area contributed by atoms with Gasteiger partial charge in [-0.1, -0.05) is 68.5 Å². The van der Waals surface area contributed by atoms with Gasteiger partial charge in [-0.25, -0.2) is 0 Å². The molecule has 1 fully saturated rings. The third-order valence-electron chi connectivity index (χ3n) is 6.98. The monoisotopic (exact) mass is 427 g/mol. The minimum Gasteiger partial charge on any atom is -0.366 e. The van der Waals surface area contributed by atoms with Crippen molar-refractivity contribution < 1.29 is 9.59 Å². The average Bonchev–Trinajstić information content (AvgIpc) is 2.81. The molecule has 1 saturated carbocycles. The maximum atomic E-state index is 13.3. The fourth-order valence-corrected chi connectivity index (χ4v) is 5.27. The summed E-state index contributed by atoms with van der Waals surface area (Å²) in [5.74, 6) is 0.0861. The van der Waals surface area contributed by atoms with Gasteiger partial charge >= 0.3 is 0 Å². The van der Waals surface area contributed by atoms with Gasteiger partial charge in [0, 0.05) is 12.1 Å². The number of amides is 2. The second-order valence-corrected chi connectivity index (χ2v) is 9.15. The lowest BCUT2D eigenvalue weighted by Crippen LogP contribution is -2.48. The lowest BCUT2D eigenvalue weighted by atomic mass is 9.83. The summed E-state index contributed by atoms with van der Waals surface area (Å²) in [5, 5.41) is 5.45. The number of benzene rings is 3. The Bertz CT molecular complexity index is 1170. The van der Waals surface area contributed by atoms with E-state index in [0.717, 1.165) is 17.7 Å². The Labute approximate surface area is 188 Å². The summed E-state index contributed by atoms with van der Waals surface area (Å²) in [7, 11) is 0. The van der Waals surface area contributed by atoms with Crippen molar-refractivity contribution in [1.82, 2.24) is 0 Å². The molecule has 0 bridgehead atoms. The Balaban J connectivity index is 1.51. The predicted molar refractivity (Wildman–Crippen MR) is 129 cm³/mol. The number of rotatable bonds is 5. The number of hydrogen-bond donors (Lipinski definition) is 2. The molecule has 5 heteroatoms. The summed E-state index contributed by atoms with van der Waals surface area (Å²) >= 11 is 0. The molecular weight excluding hydrogens is 398 g/mol. The number of nitrogens with one attached hydrogen (secondary N) is 1. The SMILES string of the molecule is NC(=O)c1ccc2c(c1)NC(=O)[C@H](CC1CCCCC1)N2Cc1ccc2ccccc2c1. The number of carbonyl (C=O) groups excluding carboxylic acids is 2. The van der Waals surface area contributed by atoms with E-state index in [1.807, 2.05) is 18.2 Å². The molecule has 3 N–H and O–H groups in total. The van der Waals surface area contributed by atoms with Crippen molar-refractivity contribution in [2.24, 2.45) is 11.7 Å². The van der Waals surface area contributed by atoms with Crippen LogP contribution in [0.15, 0.2) is 60.7 Å². The minimum absolute atomic E-state index is 0.00508. The van der Waals surface area contributed by atoms with Gasteiger partial charge in [0.05, 0.1) is 11.4 Å². The first kappa shape index (κ1) is 20.6. The van der Waals surface area contributed by atoms with Crippen molar-refractivity contribution in [3.8, 4) is 0 Å². The summed E-state index contributed by atoms with van der Waals surface area (Å²) in [6.45, 7) is 0.637. The van der Waals surface area contributed by atoms with E-state index in [1.54, 1.807) is 12.1 Å². The van der Waals surface area contributed by atoms with Crippen molar-refractivity contribution in [3.05, 3.63) is 71.8 Å². The van der Waals surface area contributed by atoms with Gasteiger partial charge in [0.1, 0.15) is 6.04 Å². The summed E-state index contributed by atoms with van der Waals surface area (Å²) in [4.78, 5) is 27.2. The minimum atomic E-state index is -0.493. The third-order valence-corrected chi connectivity index (χ3v) is 6.98. The maximum Gasteiger partial charge on any atom is 0.248 e. The Kier molecular flexibility index (Phi) is 5.56. The lowest BCUT2D eigenvalue weighted by Gasteiger charge is -2.40. The van der Waals surface area contributed by atoms with E-state index in [-0.39, 0.29) is 11.9 Å². The summed E-state index contributed by atoms with van der Waals surface area (Å²) in [6, 6.07) is 20.0. The summed E-state index contributed by atoms with van der Waals surface area (Å²) in [5.41, 5.74) is 8.65. The quantitative estimate of drug-likeness (QED) is 0.585. The fourth-order valence-electron chi connectivity index (χ4n) is 5.27. The number of carbonyl (C=O) groups is 2. The van der Waals surface area contributed by atoms with Gasteiger partial charge in [0.25, 0.3) is 0 Å². The molecule has 3 aromatic carbocycles. The smallest absolute Gasteiger partial charge is 0.248 e. The molecule has 0 spiro atoms. The van der Waals surface area contributed by atoms with Gasteiger partial charge in [0.15, 0.2) is 0 Å². The van der Waals surface area contributed by atoms with E-state index in [2.05, 4.69) is 40.5 Å². The molecule has 0 radical (unpaired) electrons. The number of fused-ring (bicyclic) bond motifs is 2. The standard InChI is InChI=1S/C27H29N3O2/c28-26(31)22-12-13-24-23(16-22)29-27(32)25(15-18-6-2-1-3-7-18)30(24)17-19-10-11-20-8-4-5-9-21(20)14-19/h4-5,8-14,16,18,25H,1-3,6-7,15,17H2,(H2,28,31)(H,29,32)/t25-/m0/s1. The first-order valence-electron chi connectivity index (χ1n) is 11.6. The summed E-state index contributed by atoms with van der Waals surface area (Å²) < 4.78 is 0. The molecule has 1 atom stereocenters. The molecule has 5 nitrogen and oxygen atoms in total. The van der Waals surface area contributed by atoms with Crippen LogP contribution in [0, 0.1) is 5.92 Å². The third kappa shape index (κ3) is 4.07. The van der Waals surface area contributed by atoms with E-state index >= 15 is 0 Å². The largest absolute Gasteiger partial charge is 0.366 e. The Morgan fingerprint density at radius 3 is 2.53 bits per heavy atom. The van der Waals surface area contributed by atoms with Gasteiger partial charge < -0.3 is 16.0 Å². The van der Waals surface area contributed by atoms with E-state index in [1.165, 1.54) is 42.9 Å². The van der Waals surface area contributed by atoms with Crippen LogP contribution in [-0.2, 0) is 11.3 Å². The van der Waals surface area contributed by atoms with Crippen LogP contribution in [0.4, 0.5) is 11.4 Å². The van der Waals surface area contributed by atoms with E-state index in [4.69, 9.17) is 5.73 Å². The molecule has 32 heavy (non-hydrogen) atoms. The van der Waals surface area contributed by atoms with Gasteiger partial charge in [-0.15, -0.1) is 0 Å². The van der Waals surface area contributed by atoms with Crippen LogP contribution in [-0.4, -0.2) is 17.9 Å². The number of primary amides is 1. The maximum absolute atomic E-state index is 13.3. The van der Waals surface area contributed by atoms with Crippen LogP contribution in [0.1, 0.15) is 54.4 Å². The molecule has 5 rings (SSSR count). The van der Waals surface area contributed by atoms with Crippen LogP contribution < -0.4 is 16.0 Å². The molecule has 3 aromatic rings. The molecule has 0 saturated heterocycles. The van der Waals surface area contributed by atoms with Crippen molar-refractivity contribution >= 4 is 34.0 Å². The summed E-state index contributed by atoms with van der Waals surface area (Å²) in [6.07, 6.45) is 7.05. The molecule has 164 valence electrons. The normalized spacial score (nSPS) is 18.9. The molecule has 0 aromatic heterocycles. The van der Waals surface area contributed by atoms with Crippen molar-refractivity contribution in [1.29, 1.82) is 0 Å². The second-order valence-electron chi connectivity index (χ2n) is 9.15. The Hall–Kier alpha value is -3.34. The molecule has 1 aliphatic heterocycles. The van der Waals surface area contributed by atoms with Gasteiger partial charge in [0.2, 0.25) is 11.8 Å². The van der Waals surface area contributed by atoms with Crippen molar-refractivity contribution in [3.63, 3.8) is 0 Å². The zero-order valence-electron chi connectivity index (χ0n) is 18.2. The highest BCUT2D eigenvalue weighted by Crippen LogP contribution is 2.38. The van der Waals surface area contributed by atoms with Crippen LogP contribution >= 0.6 is 0 Å². The van der Waals surface area contributed by atoms with Crippen LogP contribution in [0.25, 0.3) is 10.8 Å². The molecule has 2 amide bonds. The zero-order chi connectivity index (χ0) is 22.1. The second kappa shape index (κ2) is 8.65. The highest BCUT2D eigenvalue weighted by molar-refractivity contribution is 6.05. The predicted octanol–water partition coefficient (Wildman–Crippen LogP) is 5.24. The highest BCUT2D eigenvalue weighted by atomic mass is 16.2. The van der Waals surface area contributed by atoms with Crippen molar-refractivity contribution in [2.45, 2.75) is 51.1 Å². The van der Waals surface area contributed by atoms with Crippen LogP contribution in [0.2, 0.25) is 0 Å².